The van der Waals surface area contributed by atoms with Crippen molar-refractivity contribution in [2.24, 2.45) is 5.41 Å². The van der Waals surface area contributed by atoms with E-state index < -0.39 is 6.03 Å². The van der Waals surface area contributed by atoms with Crippen LogP contribution in [-0.2, 0) is 4.79 Å². The summed E-state index contributed by atoms with van der Waals surface area (Å²) >= 11 is 0. The van der Waals surface area contributed by atoms with E-state index in [0.717, 1.165) is 24.2 Å². The van der Waals surface area contributed by atoms with Gasteiger partial charge in [-0.25, -0.2) is 14.1 Å². The largest absolute Gasteiger partial charge is 0.337 e. The number of benzene rings is 1. The van der Waals surface area contributed by atoms with E-state index in [2.05, 4.69) is 5.32 Å². The predicted octanol–water partition coefficient (Wildman–Crippen LogP) is 2.44. The van der Waals surface area contributed by atoms with Crippen LogP contribution < -0.4 is 10.2 Å². The Bertz CT molecular complexity index is 523. The quantitative estimate of drug-likeness (QED) is 0.845. The number of amides is 3. The fourth-order valence-corrected chi connectivity index (χ4v) is 2.80. The smallest absolute Gasteiger partial charge is 0.328 e. The van der Waals surface area contributed by atoms with Crippen LogP contribution in [0.15, 0.2) is 24.3 Å². The van der Waals surface area contributed by atoms with E-state index in [-0.39, 0.29) is 17.1 Å². The minimum Gasteiger partial charge on any atom is -0.337 e. The first-order valence-corrected chi connectivity index (χ1v) is 6.46. The van der Waals surface area contributed by atoms with E-state index >= 15 is 0 Å². The lowest BCUT2D eigenvalue weighted by molar-refractivity contribution is -0.120. The molecular weight excluding hydrogens is 247 g/mol. The second-order valence-corrected chi connectivity index (χ2v) is 5.39. The fourth-order valence-electron chi connectivity index (χ4n) is 2.80. The van der Waals surface area contributed by atoms with Gasteiger partial charge in [-0.3, -0.25) is 4.79 Å². The standard InChI is InChI=1S/C14H15FN2O2/c15-10-2-4-11(5-3-10)17-12(18)8-14(6-1-7-14)9-16-13(17)19/h2-5H,1,6-9H2,(H,16,19). The van der Waals surface area contributed by atoms with Crippen molar-refractivity contribution in [3.05, 3.63) is 30.1 Å². The van der Waals surface area contributed by atoms with Crippen LogP contribution in [-0.4, -0.2) is 18.5 Å². The highest BCUT2D eigenvalue weighted by molar-refractivity contribution is 6.14. The maximum absolute atomic E-state index is 12.9. The highest BCUT2D eigenvalue weighted by Crippen LogP contribution is 2.45. The zero-order valence-electron chi connectivity index (χ0n) is 10.5. The van der Waals surface area contributed by atoms with Crippen LogP contribution in [0, 0.1) is 11.2 Å². The third-order valence-corrected chi connectivity index (χ3v) is 4.09. The second kappa shape index (κ2) is 4.33. The van der Waals surface area contributed by atoms with Crippen molar-refractivity contribution in [1.29, 1.82) is 0 Å². The molecule has 4 nitrogen and oxygen atoms in total. The van der Waals surface area contributed by atoms with Crippen LogP contribution in [0.4, 0.5) is 14.9 Å². The topological polar surface area (TPSA) is 49.4 Å². The molecule has 1 saturated heterocycles. The van der Waals surface area contributed by atoms with Crippen LogP contribution >= 0.6 is 0 Å². The number of hydrogen-bond acceptors (Lipinski definition) is 2. The van der Waals surface area contributed by atoms with Gasteiger partial charge in [0.1, 0.15) is 5.82 Å². The van der Waals surface area contributed by atoms with E-state index in [1.165, 1.54) is 24.3 Å². The van der Waals surface area contributed by atoms with E-state index in [1.807, 2.05) is 0 Å². The van der Waals surface area contributed by atoms with Gasteiger partial charge in [-0.05, 0) is 42.5 Å². The lowest BCUT2D eigenvalue weighted by Crippen LogP contribution is -2.42. The number of hydrogen-bond donors (Lipinski definition) is 1. The number of carbonyl (C=O) groups is 2. The summed E-state index contributed by atoms with van der Waals surface area (Å²) in [6.07, 6.45) is 3.45. The Kier molecular flexibility index (Phi) is 2.77. The molecule has 0 bridgehead atoms. The molecule has 1 N–H and O–H groups in total. The molecule has 5 heteroatoms. The third-order valence-electron chi connectivity index (χ3n) is 4.09. The van der Waals surface area contributed by atoms with Gasteiger partial charge in [-0.2, -0.15) is 0 Å². The van der Waals surface area contributed by atoms with Crippen molar-refractivity contribution < 1.29 is 14.0 Å². The van der Waals surface area contributed by atoms with Crippen LogP contribution in [0.3, 0.4) is 0 Å². The number of imide groups is 1. The SMILES string of the molecule is O=C1CC2(CCC2)CNC(=O)N1c1ccc(F)cc1. The summed E-state index contributed by atoms with van der Waals surface area (Å²) in [7, 11) is 0. The van der Waals surface area contributed by atoms with Crippen molar-refractivity contribution >= 4 is 17.6 Å². The lowest BCUT2D eigenvalue weighted by atomic mass is 9.66. The molecule has 3 rings (SSSR count). The molecule has 3 amide bonds. The van der Waals surface area contributed by atoms with E-state index in [9.17, 15) is 14.0 Å². The van der Waals surface area contributed by atoms with Gasteiger partial charge in [0, 0.05) is 13.0 Å². The second-order valence-electron chi connectivity index (χ2n) is 5.39. The van der Waals surface area contributed by atoms with Crippen molar-refractivity contribution in [3.63, 3.8) is 0 Å². The molecule has 1 saturated carbocycles. The first-order valence-electron chi connectivity index (χ1n) is 6.46. The number of nitrogens with zero attached hydrogens (tertiary/aromatic N) is 1. The molecule has 19 heavy (non-hydrogen) atoms. The summed E-state index contributed by atoms with van der Waals surface area (Å²) in [6, 6.07) is 4.98. The Labute approximate surface area is 110 Å². The van der Waals surface area contributed by atoms with Gasteiger partial charge in [-0.15, -0.1) is 0 Å². The minimum absolute atomic E-state index is 0.0540. The van der Waals surface area contributed by atoms with Crippen LogP contribution in [0.2, 0.25) is 0 Å². The van der Waals surface area contributed by atoms with Gasteiger partial charge in [0.2, 0.25) is 5.91 Å². The van der Waals surface area contributed by atoms with Crippen molar-refractivity contribution in [2.45, 2.75) is 25.7 Å². The van der Waals surface area contributed by atoms with Crippen LogP contribution in [0.1, 0.15) is 25.7 Å². The van der Waals surface area contributed by atoms with Gasteiger partial charge >= 0.3 is 6.03 Å². The van der Waals surface area contributed by atoms with E-state index in [0.29, 0.717) is 18.7 Å². The molecule has 1 aromatic carbocycles. The van der Waals surface area contributed by atoms with Gasteiger partial charge in [0.15, 0.2) is 0 Å². The average molecular weight is 262 g/mol. The average Bonchev–Trinajstić information content (AvgIpc) is 2.47. The van der Waals surface area contributed by atoms with E-state index in [4.69, 9.17) is 0 Å². The summed E-state index contributed by atoms with van der Waals surface area (Å²) in [5.74, 6) is -0.594. The first kappa shape index (κ1) is 12.1. The summed E-state index contributed by atoms with van der Waals surface area (Å²) < 4.78 is 12.9. The minimum atomic E-state index is -0.416. The highest BCUT2D eigenvalue weighted by Gasteiger charge is 2.44. The number of rotatable bonds is 1. The molecule has 1 aliphatic carbocycles. The van der Waals surface area contributed by atoms with Gasteiger partial charge in [-0.1, -0.05) is 6.42 Å². The molecule has 2 fully saturated rings. The summed E-state index contributed by atoms with van der Waals surface area (Å²) in [5.41, 5.74) is 0.363. The normalized spacial score (nSPS) is 21.8. The number of nitrogens with one attached hydrogen (secondary N) is 1. The monoisotopic (exact) mass is 262 g/mol. The first-order chi connectivity index (χ1) is 9.10. The molecule has 0 unspecified atom stereocenters. The zero-order chi connectivity index (χ0) is 13.5. The number of carbonyl (C=O) groups excluding carboxylic acids is 2. The Morgan fingerprint density at radius 3 is 2.42 bits per heavy atom. The molecule has 0 radical (unpaired) electrons. The zero-order valence-corrected chi connectivity index (χ0v) is 10.5. The molecule has 1 aliphatic heterocycles. The van der Waals surface area contributed by atoms with Crippen molar-refractivity contribution in [1.82, 2.24) is 5.32 Å². The maximum Gasteiger partial charge on any atom is 0.328 e. The summed E-state index contributed by atoms with van der Waals surface area (Å²) in [6.45, 7) is 0.551. The Hall–Kier alpha value is -1.91. The highest BCUT2D eigenvalue weighted by atomic mass is 19.1. The van der Waals surface area contributed by atoms with Gasteiger partial charge in [0.05, 0.1) is 5.69 Å². The molecule has 1 heterocycles. The molecule has 2 aliphatic rings. The molecule has 1 aromatic rings. The van der Waals surface area contributed by atoms with Gasteiger partial charge < -0.3 is 5.32 Å². The lowest BCUT2D eigenvalue weighted by Gasteiger charge is -2.39. The third kappa shape index (κ3) is 2.09. The van der Waals surface area contributed by atoms with Crippen LogP contribution in [0.5, 0.6) is 0 Å². The number of halogens is 1. The van der Waals surface area contributed by atoms with Crippen molar-refractivity contribution in [2.75, 3.05) is 11.4 Å². The molecule has 0 aromatic heterocycles. The number of anilines is 1. The van der Waals surface area contributed by atoms with Crippen LogP contribution in [0.25, 0.3) is 0 Å². The van der Waals surface area contributed by atoms with E-state index in [1.54, 1.807) is 0 Å². The van der Waals surface area contributed by atoms with Gasteiger partial charge in [0.25, 0.3) is 0 Å². The Morgan fingerprint density at radius 2 is 1.84 bits per heavy atom. The maximum atomic E-state index is 12.9. The number of urea groups is 1. The fraction of sp³-hybridized carbons (Fsp3) is 0.429. The molecular formula is C14H15FN2O2. The predicted molar refractivity (Wildman–Crippen MR) is 68.2 cm³/mol. The molecule has 1 spiro atoms. The Balaban J connectivity index is 1.89. The molecule has 0 atom stereocenters. The van der Waals surface area contributed by atoms with Crippen molar-refractivity contribution in [3.8, 4) is 0 Å². The summed E-state index contributed by atoms with van der Waals surface area (Å²) in [4.78, 5) is 25.4. The summed E-state index contributed by atoms with van der Waals surface area (Å²) in [5, 5.41) is 2.80. The Morgan fingerprint density at radius 1 is 1.16 bits per heavy atom. The molecule has 100 valence electrons.